The molecule has 20 heavy (non-hydrogen) atoms. The van der Waals surface area contributed by atoms with E-state index in [1.807, 2.05) is 36.2 Å². The van der Waals surface area contributed by atoms with Crippen LogP contribution in [0.2, 0.25) is 0 Å². The van der Waals surface area contributed by atoms with Crippen LogP contribution in [0.3, 0.4) is 0 Å². The van der Waals surface area contributed by atoms with E-state index in [0.717, 1.165) is 11.3 Å². The molecule has 0 aliphatic rings. The van der Waals surface area contributed by atoms with Crippen molar-refractivity contribution < 1.29 is 4.39 Å². The number of rotatable bonds is 3. The molecule has 4 heteroatoms. The maximum Gasteiger partial charge on any atom is 0.140 e. The van der Waals surface area contributed by atoms with Gasteiger partial charge in [0, 0.05) is 13.6 Å². The SMILES string of the molecule is CN(Cc1ccc(F)c(C#N)c1)c1ccccc1C#N. The Hall–Kier alpha value is -2.85. The molecular weight excluding hydrogens is 253 g/mol. The zero-order chi connectivity index (χ0) is 14.5. The fraction of sp³-hybridized carbons (Fsp3) is 0.125. The number of nitrogens with zero attached hydrogens (tertiary/aromatic N) is 3. The average molecular weight is 265 g/mol. The molecule has 2 aromatic carbocycles. The average Bonchev–Trinajstić information content (AvgIpc) is 2.49. The van der Waals surface area contributed by atoms with Crippen LogP contribution in [0.25, 0.3) is 0 Å². The summed E-state index contributed by atoms with van der Waals surface area (Å²) in [4.78, 5) is 1.90. The largest absolute Gasteiger partial charge is 0.369 e. The maximum absolute atomic E-state index is 13.3. The second-order valence-electron chi connectivity index (χ2n) is 4.41. The van der Waals surface area contributed by atoms with Crippen molar-refractivity contribution in [3.63, 3.8) is 0 Å². The first-order valence-electron chi connectivity index (χ1n) is 6.04. The van der Waals surface area contributed by atoms with Crippen LogP contribution in [0.1, 0.15) is 16.7 Å². The Morgan fingerprint density at radius 3 is 2.45 bits per heavy atom. The third-order valence-corrected chi connectivity index (χ3v) is 3.01. The molecular formula is C16H12FN3. The van der Waals surface area contributed by atoms with E-state index in [1.165, 1.54) is 12.1 Å². The first kappa shape index (κ1) is 13.6. The molecule has 0 atom stereocenters. The van der Waals surface area contributed by atoms with E-state index >= 15 is 0 Å². The highest BCUT2D eigenvalue weighted by Gasteiger charge is 2.09. The van der Waals surface area contributed by atoms with Gasteiger partial charge in [-0.2, -0.15) is 10.5 Å². The van der Waals surface area contributed by atoms with Crippen LogP contribution in [0.5, 0.6) is 0 Å². The zero-order valence-electron chi connectivity index (χ0n) is 11.0. The van der Waals surface area contributed by atoms with Crippen molar-refractivity contribution in [1.82, 2.24) is 0 Å². The highest BCUT2D eigenvalue weighted by Crippen LogP contribution is 2.20. The summed E-state index contributed by atoms with van der Waals surface area (Å²) in [6, 6.07) is 15.7. The molecule has 3 nitrogen and oxygen atoms in total. The van der Waals surface area contributed by atoms with Crippen molar-refractivity contribution in [1.29, 1.82) is 10.5 Å². The molecule has 0 aliphatic heterocycles. The minimum atomic E-state index is -0.517. The molecule has 0 saturated heterocycles. The topological polar surface area (TPSA) is 50.8 Å². The van der Waals surface area contributed by atoms with Gasteiger partial charge in [0.15, 0.2) is 0 Å². The summed E-state index contributed by atoms with van der Waals surface area (Å²) < 4.78 is 13.3. The number of para-hydroxylation sites is 1. The van der Waals surface area contributed by atoms with Crippen molar-refractivity contribution in [3.8, 4) is 12.1 Å². The number of anilines is 1. The lowest BCUT2D eigenvalue weighted by molar-refractivity contribution is 0.623. The van der Waals surface area contributed by atoms with Crippen molar-refractivity contribution in [2.24, 2.45) is 0 Å². The Morgan fingerprint density at radius 1 is 1.05 bits per heavy atom. The predicted molar refractivity (Wildman–Crippen MR) is 74.4 cm³/mol. The van der Waals surface area contributed by atoms with E-state index in [0.29, 0.717) is 12.1 Å². The maximum atomic E-state index is 13.3. The van der Waals surface area contributed by atoms with Gasteiger partial charge >= 0.3 is 0 Å². The number of nitriles is 2. The lowest BCUT2D eigenvalue weighted by Crippen LogP contribution is -2.17. The van der Waals surface area contributed by atoms with Crippen LogP contribution >= 0.6 is 0 Å². The molecule has 0 radical (unpaired) electrons. The predicted octanol–water partition coefficient (Wildman–Crippen LogP) is 3.21. The summed E-state index contributed by atoms with van der Waals surface area (Å²) in [5.41, 5.74) is 2.23. The quantitative estimate of drug-likeness (QED) is 0.856. The Bertz CT molecular complexity index is 710. The van der Waals surface area contributed by atoms with Gasteiger partial charge in [0.25, 0.3) is 0 Å². The molecule has 0 amide bonds. The van der Waals surface area contributed by atoms with Gasteiger partial charge in [0.1, 0.15) is 18.0 Å². The van der Waals surface area contributed by atoms with Crippen LogP contribution in [0, 0.1) is 28.5 Å². The minimum absolute atomic E-state index is 0.0319. The number of benzene rings is 2. The monoisotopic (exact) mass is 265 g/mol. The van der Waals surface area contributed by atoms with Crippen LogP contribution in [0.15, 0.2) is 42.5 Å². The summed E-state index contributed by atoms with van der Waals surface area (Å²) in [6.07, 6.45) is 0. The van der Waals surface area contributed by atoms with E-state index in [1.54, 1.807) is 12.1 Å². The van der Waals surface area contributed by atoms with E-state index in [9.17, 15) is 4.39 Å². The summed E-state index contributed by atoms with van der Waals surface area (Å²) in [5.74, 6) is -0.517. The Morgan fingerprint density at radius 2 is 1.75 bits per heavy atom. The first-order chi connectivity index (χ1) is 9.65. The zero-order valence-corrected chi connectivity index (χ0v) is 11.0. The van der Waals surface area contributed by atoms with Gasteiger partial charge in [-0.05, 0) is 29.8 Å². The van der Waals surface area contributed by atoms with Gasteiger partial charge < -0.3 is 4.90 Å². The van der Waals surface area contributed by atoms with Gasteiger partial charge in [-0.25, -0.2) is 4.39 Å². The summed E-state index contributed by atoms with van der Waals surface area (Å²) in [6.45, 7) is 0.494. The second kappa shape index (κ2) is 5.86. The molecule has 0 N–H and O–H groups in total. The van der Waals surface area contributed by atoms with E-state index in [4.69, 9.17) is 10.5 Å². The summed E-state index contributed by atoms with van der Waals surface area (Å²) in [5, 5.41) is 17.9. The second-order valence-corrected chi connectivity index (χ2v) is 4.41. The Balaban J connectivity index is 2.26. The van der Waals surface area contributed by atoms with Crippen molar-refractivity contribution in [2.45, 2.75) is 6.54 Å². The fourth-order valence-corrected chi connectivity index (χ4v) is 2.02. The lowest BCUT2D eigenvalue weighted by atomic mass is 10.1. The third-order valence-electron chi connectivity index (χ3n) is 3.01. The first-order valence-corrected chi connectivity index (χ1v) is 6.04. The van der Waals surface area contributed by atoms with Crippen LogP contribution in [0.4, 0.5) is 10.1 Å². The summed E-state index contributed by atoms with van der Waals surface area (Å²) >= 11 is 0. The number of hydrogen-bond donors (Lipinski definition) is 0. The summed E-state index contributed by atoms with van der Waals surface area (Å²) in [7, 11) is 1.85. The van der Waals surface area contributed by atoms with Gasteiger partial charge in [-0.1, -0.05) is 18.2 Å². The molecule has 2 rings (SSSR count). The number of hydrogen-bond acceptors (Lipinski definition) is 3. The van der Waals surface area contributed by atoms with Crippen molar-refractivity contribution in [3.05, 3.63) is 65.0 Å². The van der Waals surface area contributed by atoms with E-state index in [2.05, 4.69) is 6.07 Å². The molecule has 0 spiro atoms. The van der Waals surface area contributed by atoms with Crippen molar-refractivity contribution in [2.75, 3.05) is 11.9 Å². The van der Waals surface area contributed by atoms with Crippen molar-refractivity contribution >= 4 is 5.69 Å². The smallest absolute Gasteiger partial charge is 0.140 e. The highest BCUT2D eigenvalue weighted by atomic mass is 19.1. The van der Waals surface area contributed by atoms with E-state index < -0.39 is 5.82 Å². The van der Waals surface area contributed by atoms with Gasteiger partial charge in [-0.3, -0.25) is 0 Å². The third kappa shape index (κ3) is 2.76. The Kier molecular flexibility index (Phi) is 3.98. The van der Waals surface area contributed by atoms with Gasteiger partial charge in [0.05, 0.1) is 16.8 Å². The van der Waals surface area contributed by atoms with Crippen LogP contribution in [-0.4, -0.2) is 7.05 Å². The van der Waals surface area contributed by atoms with Gasteiger partial charge in [-0.15, -0.1) is 0 Å². The van der Waals surface area contributed by atoms with E-state index in [-0.39, 0.29) is 5.56 Å². The molecule has 0 bridgehead atoms. The lowest BCUT2D eigenvalue weighted by Gasteiger charge is -2.20. The molecule has 2 aromatic rings. The van der Waals surface area contributed by atoms with Gasteiger partial charge in [0.2, 0.25) is 0 Å². The molecule has 0 unspecified atom stereocenters. The molecule has 98 valence electrons. The molecule has 0 heterocycles. The molecule has 0 aliphatic carbocycles. The van der Waals surface area contributed by atoms with Crippen LogP contribution < -0.4 is 4.90 Å². The molecule has 0 aromatic heterocycles. The molecule has 0 saturated carbocycles. The Labute approximate surface area is 117 Å². The molecule has 0 fully saturated rings. The highest BCUT2D eigenvalue weighted by molar-refractivity contribution is 5.59. The van der Waals surface area contributed by atoms with Crippen LogP contribution in [-0.2, 0) is 6.54 Å². The minimum Gasteiger partial charge on any atom is -0.369 e. The normalized spacial score (nSPS) is 9.60. The number of halogens is 1. The standard InChI is InChI=1S/C16H12FN3/c1-20(16-5-3-2-4-13(16)9-18)11-12-6-7-15(17)14(8-12)10-19/h2-8H,11H2,1H3. The fourth-order valence-electron chi connectivity index (χ4n) is 2.02.